The Morgan fingerprint density at radius 2 is 2.06 bits per heavy atom. The van der Waals surface area contributed by atoms with Gasteiger partial charge in [-0.1, -0.05) is 0 Å². The van der Waals surface area contributed by atoms with E-state index in [1.807, 2.05) is 6.92 Å². The van der Waals surface area contributed by atoms with Gasteiger partial charge in [-0.3, -0.25) is 0 Å². The van der Waals surface area contributed by atoms with Crippen LogP contribution in [0.1, 0.15) is 25.7 Å². The monoisotopic (exact) mass is 218 g/mol. The zero-order valence-electron chi connectivity index (χ0n) is 9.55. The van der Waals surface area contributed by atoms with E-state index < -0.39 is 0 Å². The minimum absolute atomic E-state index is 0.173. The summed E-state index contributed by atoms with van der Waals surface area (Å²) in [4.78, 5) is 8.42. The summed E-state index contributed by atoms with van der Waals surface area (Å²) in [6.45, 7) is 6.15. The topological polar surface area (TPSA) is 82.5 Å². The van der Waals surface area contributed by atoms with Crippen LogP contribution in [0.4, 0.5) is 5.95 Å². The lowest BCUT2D eigenvalue weighted by Gasteiger charge is -2.13. The number of aromatic nitrogens is 5. The molecule has 84 valence electrons. The highest BCUT2D eigenvalue weighted by Crippen LogP contribution is 2.22. The molecule has 2 heterocycles. The number of rotatable bonds is 2. The van der Waals surface area contributed by atoms with E-state index in [9.17, 15) is 0 Å². The van der Waals surface area contributed by atoms with Gasteiger partial charge >= 0.3 is 0 Å². The number of nitrogen functional groups attached to an aromatic ring is 1. The molecule has 0 aliphatic carbocycles. The van der Waals surface area contributed by atoms with Gasteiger partial charge in [-0.15, -0.1) is 5.10 Å². The lowest BCUT2D eigenvalue weighted by atomic mass is 10.3. The fourth-order valence-electron chi connectivity index (χ4n) is 1.74. The van der Waals surface area contributed by atoms with Crippen molar-refractivity contribution in [1.29, 1.82) is 0 Å². The minimum Gasteiger partial charge on any atom is -0.366 e. The highest BCUT2D eigenvalue weighted by atomic mass is 15.2. The Labute approximate surface area is 93.6 Å². The van der Waals surface area contributed by atoms with Gasteiger partial charge in [-0.25, -0.2) is 9.97 Å². The Kier molecular flexibility index (Phi) is 2.55. The summed E-state index contributed by atoms with van der Waals surface area (Å²) in [5, 5.41) is 7.43. The average molecular weight is 218 g/mol. The lowest BCUT2D eigenvalue weighted by molar-refractivity contribution is 0.587. The maximum Gasteiger partial charge on any atom is 0.240 e. The molecule has 0 saturated heterocycles. The molecule has 0 aromatic carbocycles. The molecule has 0 spiro atoms. The van der Waals surface area contributed by atoms with Gasteiger partial charge in [0, 0.05) is 6.04 Å². The maximum atomic E-state index is 5.51. The summed E-state index contributed by atoms with van der Waals surface area (Å²) in [6.07, 6.45) is 3.37. The normalized spacial score (nSPS) is 11.0. The molecule has 2 aromatic heterocycles. The quantitative estimate of drug-likeness (QED) is 0.819. The molecule has 16 heavy (non-hydrogen) atoms. The van der Waals surface area contributed by atoms with Crippen molar-refractivity contribution >= 4 is 5.95 Å². The van der Waals surface area contributed by atoms with E-state index in [-0.39, 0.29) is 5.95 Å². The average Bonchev–Trinajstić information content (AvgIpc) is 2.60. The van der Waals surface area contributed by atoms with Crippen molar-refractivity contribution in [2.75, 3.05) is 5.73 Å². The smallest absolute Gasteiger partial charge is 0.240 e. The van der Waals surface area contributed by atoms with Crippen molar-refractivity contribution in [3.05, 3.63) is 18.2 Å². The molecule has 0 amide bonds. The molecule has 0 atom stereocenters. The number of hydrogen-bond acceptors (Lipinski definition) is 5. The summed E-state index contributed by atoms with van der Waals surface area (Å²) in [5.41, 5.74) is 7.12. The van der Waals surface area contributed by atoms with Crippen molar-refractivity contribution in [2.45, 2.75) is 26.8 Å². The van der Waals surface area contributed by atoms with Gasteiger partial charge in [-0.2, -0.15) is 5.10 Å². The van der Waals surface area contributed by atoms with Crippen molar-refractivity contribution in [3.8, 4) is 11.4 Å². The van der Waals surface area contributed by atoms with Crippen LogP contribution >= 0.6 is 0 Å². The van der Waals surface area contributed by atoms with Crippen LogP contribution in [0.2, 0.25) is 0 Å². The summed E-state index contributed by atoms with van der Waals surface area (Å²) in [5.74, 6) is 1.12. The third kappa shape index (κ3) is 1.73. The fourth-order valence-corrected chi connectivity index (χ4v) is 1.74. The predicted octanol–water partition coefficient (Wildman–Crippen LogP) is 1.21. The molecular weight excluding hydrogens is 204 g/mol. The highest BCUT2D eigenvalue weighted by molar-refractivity contribution is 5.54. The first-order valence-electron chi connectivity index (χ1n) is 5.09. The number of nitrogens with two attached hydrogens (primary N) is 1. The Bertz CT molecular complexity index is 502. The van der Waals surface area contributed by atoms with Crippen LogP contribution in [0.15, 0.2) is 12.4 Å². The van der Waals surface area contributed by atoms with E-state index in [0.29, 0.717) is 11.7 Å². The first kappa shape index (κ1) is 10.5. The van der Waals surface area contributed by atoms with Crippen molar-refractivity contribution in [2.24, 2.45) is 0 Å². The second-order valence-corrected chi connectivity index (χ2v) is 3.85. The van der Waals surface area contributed by atoms with E-state index in [0.717, 1.165) is 11.5 Å². The van der Waals surface area contributed by atoms with Crippen LogP contribution in [0, 0.1) is 6.92 Å². The molecule has 0 saturated carbocycles. The largest absolute Gasteiger partial charge is 0.366 e. The zero-order valence-corrected chi connectivity index (χ0v) is 9.55. The van der Waals surface area contributed by atoms with Crippen molar-refractivity contribution < 1.29 is 0 Å². The van der Waals surface area contributed by atoms with Crippen LogP contribution in [0.5, 0.6) is 0 Å². The van der Waals surface area contributed by atoms with Crippen LogP contribution < -0.4 is 5.73 Å². The zero-order chi connectivity index (χ0) is 11.7. The van der Waals surface area contributed by atoms with Gasteiger partial charge in [-0.05, 0) is 20.8 Å². The van der Waals surface area contributed by atoms with E-state index >= 15 is 0 Å². The minimum atomic E-state index is 0.173. The van der Waals surface area contributed by atoms with E-state index in [1.165, 1.54) is 0 Å². The van der Waals surface area contributed by atoms with E-state index in [1.54, 1.807) is 12.4 Å². The second-order valence-electron chi connectivity index (χ2n) is 3.85. The molecule has 2 aromatic rings. The molecule has 0 aliphatic rings. The third-order valence-electron chi connectivity index (χ3n) is 2.34. The van der Waals surface area contributed by atoms with Crippen LogP contribution in [0.25, 0.3) is 11.4 Å². The van der Waals surface area contributed by atoms with Crippen LogP contribution in [-0.2, 0) is 0 Å². The number of hydrogen-bond donors (Lipinski definition) is 1. The van der Waals surface area contributed by atoms with Gasteiger partial charge < -0.3 is 10.3 Å². The van der Waals surface area contributed by atoms with Crippen molar-refractivity contribution in [1.82, 2.24) is 24.7 Å². The van der Waals surface area contributed by atoms with Crippen LogP contribution in [0.3, 0.4) is 0 Å². The molecule has 0 bridgehead atoms. The first-order chi connectivity index (χ1) is 7.59. The molecular formula is C10H14N6. The standard InChI is InChI=1S/C10H14N6/c1-6(2)16-7(3)12-5-9(16)8-4-13-15-10(11)14-8/h4-6H,1-3H3,(H2,11,14,15). The van der Waals surface area contributed by atoms with Gasteiger partial charge in [0.25, 0.3) is 0 Å². The molecule has 0 aliphatic heterocycles. The number of anilines is 1. The second kappa shape index (κ2) is 3.88. The Balaban J connectivity index is 2.56. The lowest BCUT2D eigenvalue weighted by Crippen LogP contribution is -2.07. The summed E-state index contributed by atoms with van der Waals surface area (Å²) < 4.78 is 2.09. The summed E-state index contributed by atoms with van der Waals surface area (Å²) >= 11 is 0. The third-order valence-corrected chi connectivity index (χ3v) is 2.34. The Morgan fingerprint density at radius 3 is 2.69 bits per heavy atom. The van der Waals surface area contributed by atoms with Gasteiger partial charge in [0.15, 0.2) is 0 Å². The van der Waals surface area contributed by atoms with Gasteiger partial charge in [0.05, 0.1) is 18.1 Å². The summed E-state index contributed by atoms with van der Waals surface area (Å²) in [6, 6.07) is 0.314. The first-order valence-corrected chi connectivity index (χ1v) is 5.09. The maximum absolute atomic E-state index is 5.51. The Morgan fingerprint density at radius 1 is 1.31 bits per heavy atom. The fraction of sp³-hybridized carbons (Fsp3) is 0.400. The number of imidazole rings is 1. The molecule has 0 unspecified atom stereocenters. The van der Waals surface area contributed by atoms with Gasteiger partial charge in [0.1, 0.15) is 11.5 Å². The highest BCUT2D eigenvalue weighted by Gasteiger charge is 2.13. The predicted molar refractivity (Wildman–Crippen MR) is 60.6 cm³/mol. The molecule has 0 fully saturated rings. The number of aryl methyl sites for hydroxylation is 1. The Hall–Kier alpha value is -1.98. The van der Waals surface area contributed by atoms with Gasteiger partial charge in [0.2, 0.25) is 5.95 Å². The number of nitrogens with zero attached hydrogens (tertiary/aromatic N) is 5. The molecule has 2 N–H and O–H groups in total. The molecule has 6 nitrogen and oxygen atoms in total. The van der Waals surface area contributed by atoms with Crippen LogP contribution in [-0.4, -0.2) is 24.7 Å². The molecule has 2 rings (SSSR count). The SMILES string of the molecule is Cc1ncc(-c2cnnc(N)n2)n1C(C)C. The van der Waals surface area contributed by atoms with E-state index in [2.05, 4.69) is 38.6 Å². The summed E-state index contributed by atoms with van der Waals surface area (Å²) in [7, 11) is 0. The molecule has 6 heteroatoms. The van der Waals surface area contributed by atoms with Crippen molar-refractivity contribution in [3.63, 3.8) is 0 Å². The molecule has 0 radical (unpaired) electrons. The van der Waals surface area contributed by atoms with E-state index in [4.69, 9.17) is 5.73 Å².